The third kappa shape index (κ3) is 2.57. The van der Waals surface area contributed by atoms with E-state index in [4.69, 9.17) is 14.6 Å². The average molecular weight is 208 g/mol. The summed E-state index contributed by atoms with van der Waals surface area (Å²) >= 11 is 1.53. The molecule has 0 aromatic rings. The lowest BCUT2D eigenvalue weighted by Gasteiger charge is -2.18. The maximum absolute atomic E-state index is 9.62. The van der Waals surface area contributed by atoms with Gasteiger partial charge < -0.3 is 19.7 Å². The highest BCUT2D eigenvalue weighted by atomic mass is 32.2. The number of thioether (sulfide) groups is 1. The Balaban J connectivity index is 2.47. The Morgan fingerprint density at radius 2 is 2.23 bits per heavy atom. The maximum Gasteiger partial charge on any atom is 0.115 e. The minimum absolute atomic E-state index is 0.111. The predicted octanol–water partition coefficient (Wildman–Crippen LogP) is -0.167. The fraction of sp³-hybridized carbons (Fsp3) is 1.00. The van der Waals surface area contributed by atoms with Crippen molar-refractivity contribution in [3.05, 3.63) is 0 Å². The summed E-state index contributed by atoms with van der Waals surface area (Å²) in [5.41, 5.74) is 0. The second kappa shape index (κ2) is 5.17. The molecule has 1 rings (SSSR count). The molecule has 4 atom stereocenters. The maximum atomic E-state index is 9.62. The number of aliphatic hydroxyl groups is 2. The molecule has 1 heterocycles. The van der Waals surface area contributed by atoms with E-state index in [1.807, 2.05) is 6.26 Å². The highest BCUT2D eigenvalue weighted by Gasteiger charge is 2.41. The van der Waals surface area contributed by atoms with Crippen molar-refractivity contribution >= 4 is 11.8 Å². The molecule has 1 aliphatic heterocycles. The first-order valence-electron chi connectivity index (χ1n) is 4.25. The van der Waals surface area contributed by atoms with E-state index >= 15 is 0 Å². The molecule has 13 heavy (non-hydrogen) atoms. The lowest BCUT2D eigenvalue weighted by molar-refractivity contribution is -0.0389. The molecule has 0 spiro atoms. The van der Waals surface area contributed by atoms with E-state index in [0.717, 1.165) is 0 Å². The summed E-state index contributed by atoms with van der Waals surface area (Å²) in [7, 11) is 0. The van der Waals surface area contributed by atoms with E-state index in [1.54, 1.807) is 6.92 Å². The third-order valence-corrected chi connectivity index (χ3v) is 2.50. The Hall–Kier alpha value is 0.190. The van der Waals surface area contributed by atoms with E-state index < -0.39 is 18.3 Å². The van der Waals surface area contributed by atoms with Gasteiger partial charge in [-0.05, 0) is 13.2 Å². The number of hydrogen-bond donors (Lipinski definition) is 2. The summed E-state index contributed by atoms with van der Waals surface area (Å²) in [5.74, 6) is 0.508. The standard InChI is InChI=1S/C8H16O4S/c1-5-7(10)8(11-4-13-2)6(3-9)12-5/h5-10H,3-4H2,1-2H3/t5-,6+,7?,8?/m0/s1. The van der Waals surface area contributed by atoms with Gasteiger partial charge in [0.05, 0.1) is 18.6 Å². The van der Waals surface area contributed by atoms with Crippen LogP contribution in [0, 0.1) is 0 Å². The molecule has 0 radical (unpaired) electrons. The Labute approximate surface area is 82.2 Å². The zero-order valence-electron chi connectivity index (χ0n) is 7.84. The molecular formula is C8H16O4S. The number of ether oxygens (including phenoxy) is 2. The first-order valence-corrected chi connectivity index (χ1v) is 5.65. The molecule has 2 N–H and O–H groups in total. The van der Waals surface area contributed by atoms with Gasteiger partial charge in [0.2, 0.25) is 0 Å². The van der Waals surface area contributed by atoms with Crippen molar-refractivity contribution in [2.45, 2.75) is 31.3 Å². The molecule has 1 aliphatic rings. The molecule has 0 aromatic carbocycles. The van der Waals surface area contributed by atoms with E-state index in [-0.39, 0.29) is 12.7 Å². The largest absolute Gasteiger partial charge is 0.394 e. The van der Waals surface area contributed by atoms with Crippen LogP contribution in [-0.2, 0) is 9.47 Å². The molecule has 78 valence electrons. The Kier molecular flexibility index (Phi) is 4.48. The molecule has 5 heteroatoms. The summed E-state index contributed by atoms with van der Waals surface area (Å²) < 4.78 is 10.7. The zero-order valence-corrected chi connectivity index (χ0v) is 8.66. The van der Waals surface area contributed by atoms with Gasteiger partial charge in [0.1, 0.15) is 18.3 Å². The lowest BCUT2D eigenvalue weighted by Crippen LogP contribution is -2.36. The van der Waals surface area contributed by atoms with Gasteiger partial charge in [-0.1, -0.05) is 0 Å². The molecule has 0 aromatic heterocycles. The summed E-state index contributed by atoms with van der Waals surface area (Å²) in [5, 5.41) is 18.6. The molecule has 0 amide bonds. The zero-order chi connectivity index (χ0) is 9.84. The van der Waals surface area contributed by atoms with E-state index in [1.165, 1.54) is 11.8 Å². The summed E-state index contributed by atoms with van der Waals surface area (Å²) in [4.78, 5) is 0. The van der Waals surface area contributed by atoms with Crippen LogP contribution in [0.2, 0.25) is 0 Å². The van der Waals surface area contributed by atoms with Crippen molar-refractivity contribution in [3.8, 4) is 0 Å². The quantitative estimate of drug-likeness (QED) is 0.628. The number of hydrogen-bond acceptors (Lipinski definition) is 5. The van der Waals surface area contributed by atoms with E-state index in [9.17, 15) is 5.11 Å². The Morgan fingerprint density at radius 3 is 2.77 bits per heavy atom. The van der Waals surface area contributed by atoms with Crippen molar-refractivity contribution in [1.29, 1.82) is 0 Å². The first-order chi connectivity index (χ1) is 6.20. The minimum atomic E-state index is -0.635. The van der Waals surface area contributed by atoms with Crippen LogP contribution >= 0.6 is 11.8 Å². The van der Waals surface area contributed by atoms with Gasteiger partial charge >= 0.3 is 0 Å². The summed E-state index contributed by atoms with van der Waals surface area (Å²) in [6.45, 7) is 1.66. The van der Waals surface area contributed by atoms with Crippen molar-refractivity contribution in [2.75, 3.05) is 18.8 Å². The van der Waals surface area contributed by atoms with Gasteiger partial charge in [-0.2, -0.15) is 0 Å². The van der Waals surface area contributed by atoms with Gasteiger partial charge in [0.15, 0.2) is 0 Å². The SMILES string of the molecule is CSCOC1C(O)[C@H](C)O[C@@H]1CO. The highest BCUT2D eigenvalue weighted by Crippen LogP contribution is 2.23. The van der Waals surface area contributed by atoms with Crippen LogP contribution in [0.4, 0.5) is 0 Å². The van der Waals surface area contributed by atoms with Gasteiger partial charge in [0, 0.05) is 0 Å². The monoisotopic (exact) mass is 208 g/mol. The van der Waals surface area contributed by atoms with Crippen LogP contribution in [0.25, 0.3) is 0 Å². The molecule has 1 saturated heterocycles. The van der Waals surface area contributed by atoms with Gasteiger partial charge in [-0.3, -0.25) is 0 Å². The van der Waals surface area contributed by atoms with Gasteiger partial charge in [-0.25, -0.2) is 0 Å². The fourth-order valence-electron chi connectivity index (χ4n) is 1.42. The van der Waals surface area contributed by atoms with Crippen molar-refractivity contribution < 1.29 is 19.7 Å². The average Bonchev–Trinajstić information content (AvgIpc) is 2.40. The predicted molar refractivity (Wildman–Crippen MR) is 50.7 cm³/mol. The third-order valence-electron chi connectivity index (χ3n) is 2.13. The van der Waals surface area contributed by atoms with Crippen molar-refractivity contribution in [2.24, 2.45) is 0 Å². The second-order valence-electron chi connectivity index (χ2n) is 3.09. The summed E-state index contributed by atoms with van der Waals surface area (Å²) in [6.07, 6.45) is 0.234. The molecule has 0 aliphatic carbocycles. The molecule has 0 saturated carbocycles. The van der Waals surface area contributed by atoms with Crippen molar-refractivity contribution in [3.63, 3.8) is 0 Å². The molecular weight excluding hydrogens is 192 g/mol. The van der Waals surface area contributed by atoms with Gasteiger partial charge in [0.25, 0.3) is 0 Å². The number of rotatable bonds is 4. The van der Waals surface area contributed by atoms with E-state index in [0.29, 0.717) is 5.94 Å². The Morgan fingerprint density at radius 1 is 1.54 bits per heavy atom. The van der Waals surface area contributed by atoms with Crippen LogP contribution in [0.1, 0.15) is 6.92 Å². The van der Waals surface area contributed by atoms with Crippen LogP contribution in [0.3, 0.4) is 0 Å². The topological polar surface area (TPSA) is 58.9 Å². The highest BCUT2D eigenvalue weighted by molar-refractivity contribution is 7.98. The van der Waals surface area contributed by atoms with Crippen LogP contribution in [-0.4, -0.2) is 53.4 Å². The molecule has 4 nitrogen and oxygen atoms in total. The van der Waals surface area contributed by atoms with Gasteiger partial charge in [-0.15, -0.1) is 11.8 Å². The fourth-order valence-corrected chi connectivity index (χ4v) is 1.71. The molecule has 0 bridgehead atoms. The molecule has 2 unspecified atom stereocenters. The van der Waals surface area contributed by atoms with Crippen molar-refractivity contribution in [1.82, 2.24) is 0 Å². The second-order valence-corrected chi connectivity index (χ2v) is 3.90. The normalized spacial score (nSPS) is 39.7. The first kappa shape index (κ1) is 11.3. The molecule has 1 fully saturated rings. The minimum Gasteiger partial charge on any atom is -0.394 e. The Bertz CT molecular complexity index is 155. The van der Waals surface area contributed by atoms with Crippen LogP contribution in [0.5, 0.6) is 0 Å². The smallest absolute Gasteiger partial charge is 0.115 e. The van der Waals surface area contributed by atoms with Crippen LogP contribution < -0.4 is 0 Å². The van der Waals surface area contributed by atoms with Crippen LogP contribution in [0.15, 0.2) is 0 Å². The van der Waals surface area contributed by atoms with E-state index in [2.05, 4.69) is 0 Å². The number of aliphatic hydroxyl groups excluding tert-OH is 2. The summed E-state index contributed by atoms with van der Waals surface area (Å²) in [6, 6.07) is 0. The lowest BCUT2D eigenvalue weighted by atomic mass is 10.1.